The number of carbonyl (C=O) groups is 1. The molecule has 2 atom stereocenters. The molecule has 2 N–H and O–H groups in total. The zero-order chi connectivity index (χ0) is 26.5. The van der Waals surface area contributed by atoms with Gasteiger partial charge in [-0.3, -0.25) is 4.79 Å². The van der Waals surface area contributed by atoms with Crippen LogP contribution in [0, 0.1) is 0 Å². The molecule has 0 spiro atoms. The number of piperidine rings is 1. The van der Waals surface area contributed by atoms with Gasteiger partial charge in [0, 0.05) is 57.8 Å². The second-order valence-electron chi connectivity index (χ2n) is 10.2. The summed E-state index contributed by atoms with van der Waals surface area (Å²) in [6.45, 7) is 2.81. The fourth-order valence-corrected chi connectivity index (χ4v) is 5.52. The van der Waals surface area contributed by atoms with Crippen molar-refractivity contribution in [2.24, 2.45) is 5.73 Å². The Hall–Kier alpha value is -3.49. The lowest BCUT2D eigenvalue weighted by Crippen LogP contribution is -2.42. The maximum Gasteiger partial charge on any atom is 0.224 e. The summed E-state index contributed by atoms with van der Waals surface area (Å²) in [7, 11) is 3.33. The summed E-state index contributed by atoms with van der Waals surface area (Å²) in [5, 5.41) is 2.41. The van der Waals surface area contributed by atoms with Crippen molar-refractivity contribution in [3.63, 3.8) is 0 Å². The van der Waals surface area contributed by atoms with Gasteiger partial charge >= 0.3 is 0 Å². The number of pyridine rings is 1. The minimum Gasteiger partial charge on any atom is -0.481 e. The number of methoxy groups -OCH3 is 2. The van der Waals surface area contributed by atoms with E-state index in [9.17, 15) is 4.79 Å². The summed E-state index contributed by atoms with van der Waals surface area (Å²) in [4.78, 5) is 24.9. The molecule has 0 saturated carbocycles. The average Bonchev–Trinajstić information content (AvgIpc) is 3.30. The Kier molecular flexibility index (Phi) is 8.20. The minimum atomic E-state index is -0.223. The highest BCUT2D eigenvalue weighted by Gasteiger charge is 2.29. The SMILES string of the molecule is COCCCn1c(C2CCCN(C(=O)C[C@H](N)Cc3ccc4ccccc4c3)C2)nc2ccc(OC)nc21. The van der Waals surface area contributed by atoms with E-state index in [0.29, 0.717) is 31.9 Å². The molecule has 1 aliphatic heterocycles. The Morgan fingerprint density at radius 2 is 1.95 bits per heavy atom. The second-order valence-corrected chi connectivity index (χ2v) is 10.2. The number of amides is 1. The van der Waals surface area contributed by atoms with Crippen LogP contribution in [-0.2, 0) is 22.5 Å². The quantitative estimate of drug-likeness (QED) is 0.317. The zero-order valence-electron chi connectivity index (χ0n) is 22.3. The van der Waals surface area contributed by atoms with Crippen LogP contribution < -0.4 is 10.5 Å². The summed E-state index contributed by atoms with van der Waals surface area (Å²) in [6, 6.07) is 18.3. The highest BCUT2D eigenvalue weighted by molar-refractivity contribution is 5.83. The maximum atomic E-state index is 13.3. The summed E-state index contributed by atoms with van der Waals surface area (Å²) in [5.74, 6) is 1.81. The number of aromatic nitrogens is 3. The van der Waals surface area contributed by atoms with E-state index in [2.05, 4.69) is 39.9 Å². The molecule has 3 heterocycles. The van der Waals surface area contributed by atoms with E-state index in [1.807, 2.05) is 29.2 Å². The largest absolute Gasteiger partial charge is 0.481 e. The highest BCUT2D eigenvalue weighted by atomic mass is 16.5. The van der Waals surface area contributed by atoms with Crippen LogP contribution >= 0.6 is 0 Å². The van der Waals surface area contributed by atoms with E-state index in [1.165, 1.54) is 10.8 Å². The molecule has 1 saturated heterocycles. The van der Waals surface area contributed by atoms with Gasteiger partial charge in [-0.1, -0.05) is 42.5 Å². The van der Waals surface area contributed by atoms with E-state index in [-0.39, 0.29) is 17.9 Å². The van der Waals surface area contributed by atoms with Gasteiger partial charge in [0.2, 0.25) is 11.8 Å². The number of likely N-dealkylation sites (tertiary alicyclic amines) is 1. The van der Waals surface area contributed by atoms with Gasteiger partial charge in [0.15, 0.2) is 5.65 Å². The molecule has 8 nitrogen and oxygen atoms in total. The molecule has 8 heteroatoms. The first-order chi connectivity index (χ1) is 18.6. The van der Waals surface area contributed by atoms with Crippen LogP contribution in [0.15, 0.2) is 54.6 Å². The predicted octanol–water partition coefficient (Wildman–Crippen LogP) is 4.30. The summed E-state index contributed by atoms with van der Waals surface area (Å²) < 4.78 is 12.8. The van der Waals surface area contributed by atoms with E-state index < -0.39 is 0 Å². The Morgan fingerprint density at radius 3 is 2.76 bits per heavy atom. The number of fused-ring (bicyclic) bond motifs is 2. The minimum absolute atomic E-state index is 0.116. The van der Waals surface area contributed by atoms with Crippen LogP contribution in [-0.4, -0.2) is 65.3 Å². The highest BCUT2D eigenvalue weighted by Crippen LogP contribution is 2.30. The third-order valence-corrected chi connectivity index (χ3v) is 7.42. The number of rotatable bonds is 10. The number of hydrogen-bond donors (Lipinski definition) is 1. The van der Waals surface area contributed by atoms with Gasteiger partial charge in [0.05, 0.1) is 7.11 Å². The molecule has 0 bridgehead atoms. The third-order valence-electron chi connectivity index (χ3n) is 7.42. The van der Waals surface area contributed by atoms with Gasteiger partial charge in [0.25, 0.3) is 0 Å². The molecule has 38 heavy (non-hydrogen) atoms. The zero-order valence-corrected chi connectivity index (χ0v) is 22.3. The molecule has 200 valence electrons. The Balaban J connectivity index is 1.28. The van der Waals surface area contributed by atoms with Crippen molar-refractivity contribution >= 4 is 27.8 Å². The number of imidazole rings is 1. The van der Waals surface area contributed by atoms with Gasteiger partial charge in [-0.2, -0.15) is 4.98 Å². The molecule has 1 fully saturated rings. The van der Waals surface area contributed by atoms with Gasteiger partial charge < -0.3 is 24.7 Å². The smallest absolute Gasteiger partial charge is 0.224 e. The Morgan fingerprint density at radius 1 is 1.11 bits per heavy atom. The van der Waals surface area contributed by atoms with Crippen molar-refractivity contribution in [2.75, 3.05) is 33.9 Å². The lowest BCUT2D eigenvalue weighted by atomic mass is 9.95. The van der Waals surface area contributed by atoms with Crippen LogP contribution in [0.2, 0.25) is 0 Å². The van der Waals surface area contributed by atoms with Crippen LogP contribution in [0.25, 0.3) is 21.9 Å². The second kappa shape index (κ2) is 11.9. The number of nitrogens with zero attached hydrogens (tertiary/aromatic N) is 4. The molecule has 1 unspecified atom stereocenters. The van der Waals surface area contributed by atoms with Crippen LogP contribution in [0.5, 0.6) is 5.88 Å². The van der Waals surface area contributed by atoms with E-state index in [4.69, 9.17) is 20.2 Å². The maximum absolute atomic E-state index is 13.3. The molecule has 0 aliphatic carbocycles. The first kappa shape index (κ1) is 26.1. The first-order valence-electron chi connectivity index (χ1n) is 13.5. The van der Waals surface area contributed by atoms with E-state index in [1.54, 1.807) is 14.2 Å². The van der Waals surface area contributed by atoms with E-state index >= 15 is 0 Å². The van der Waals surface area contributed by atoms with Crippen LogP contribution in [0.1, 0.15) is 43.0 Å². The fraction of sp³-hybridized carbons (Fsp3) is 0.433. The molecule has 1 aliphatic rings. The third kappa shape index (κ3) is 5.81. The van der Waals surface area contributed by atoms with Crippen molar-refractivity contribution in [3.05, 3.63) is 66.0 Å². The Labute approximate surface area is 223 Å². The molecule has 1 amide bonds. The average molecular weight is 516 g/mol. The number of aryl methyl sites for hydroxylation is 1. The van der Waals surface area contributed by atoms with Gasteiger partial charge in [-0.15, -0.1) is 0 Å². The number of benzene rings is 2. The van der Waals surface area contributed by atoms with Crippen molar-refractivity contribution < 1.29 is 14.3 Å². The first-order valence-corrected chi connectivity index (χ1v) is 13.5. The number of nitrogens with two attached hydrogens (primary N) is 1. The topological polar surface area (TPSA) is 95.5 Å². The summed E-state index contributed by atoms with van der Waals surface area (Å²) in [6.07, 6.45) is 3.79. The monoisotopic (exact) mass is 515 g/mol. The summed E-state index contributed by atoms with van der Waals surface area (Å²) in [5.41, 5.74) is 9.30. The molecule has 2 aromatic carbocycles. The number of ether oxygens (including phenoxy) is 2. The Bertz CT molecular complexity index is 1400. The molecule has 0 radical (unpaired) electrons. The molecule has 4 aromatic rings. The molecular formula is C30H37N5O3. The van der Waals surface area contributed by atoms with Gasteiger partial charge in [-0.05, 0) is 48.1 Å². The van der Waals surface area contributed by atoms with Gasteiger partial charge in [-0.25, -0.2) is 4.98 Å². The van der Waals surface area contributed by atoms with Crippen LogP contribution in [0.3, 0.4) is 0 Å². The van der Waals surface area contributed by atoms with Crippen molar-refractivity contribution in [3.8, 4) is 5.88 Å². The predicted molar refractivity (Wildman–Crippen MR) is 149 cm³/mol. The summed E-state index contributed by atoms with van der Waals surface area (Å²) >= 11 is 0. The lowest BCUT2D eigenvalue weighted by Gasteiger charge is -2.33. The standard InChI is InChI=1S/C30H37N5O3/c1-37-16-6-15-35-29(32-26-12-13-27(38-2)33-30(26)35)24-9-5-14-34(20-24)28(36)19-25(31)18-21-10-11-22-7-3-4-8-23(22)17-21/h3-4,7-8,10-13,17,24-25H,5-6,9,14-16,18-20,31H2,1-2H3/t24?,25-/m1/s1. The molecule has 5 rings (SSSR count). The number of hydrogen-bond acceptors (Lipinski definition) is 6. The van der Waals surface area contributed by atoms with Crippen molar-refractivity contribution in [1.29, 1.82) is 0 Å². The van der Waals surface area contributed by atoms with Crippen LogP contribution in [0.4, 0.5) is 0 Å². The molecule has 2 aromatic heterocycles. The van der Waals surface area contributed by atoms with Gasteiger partial charge in [0.1, 0.15) is 11.3 Å². The van der Waals surface area contributed by atoms with Crippen molar-refractivity contribution in [1.82, 2.24) is 19.4 Å². The van der Waals surface area contributed by atoms with Crippen molar-refractivity contribution in [2.45, 2.75) is 50.6 Å². The van der Waals surface area contributed by atoms with E-state index in [0.717, 1.165) is 54.9 Å². The number of carbonyl (C=O) groups excluding carboxylic acids is 1. The normalized spacial score (nSPS) is 16.7. The lowest BCUT2D eigenvalue weighted by molar-refractivity contribution is -0.132. The molecular weight excluding hydrogens is 478 g/mol. The fourth-order valence-electron chi connectivity index (χ4n) is 5.52.